The Balaban J connectivity index is 1.45. The summed E-state index contributed by atoms with van der Waals surface area (Å²) in [5.41, 5.74) is 0.549. The third-order valence-corrected chi connectivity index (χ3v) is 9.30. The predicted molar refractivity (Wildman–Crippen MR) is 132 cm³/mol. The number of sulfonamides is 2. The van der Waals surface area contributed by atoms with Crippen LogP contribution in [0, 0.1) is 0 Å². The van der Waals surface area contributed by atoms with E-state index in [9.17, 15) is 34.8 Å². The highest BCUT2D eigenvalue weighted by atomic mass is 35.5. The molecule has 1 aliphatic rings. The van der Waals surface area contributed by atoms with E-state index in [0.29, 0.717) is 25.8 Å². The molecule has 1 saturated heterocycles. The zero-order valence-corrected chi connectivity index (χ0v) is 21.8. The number of amides is 1. The number of alkyl halides is 3. The van der Waals surface area contributed by atoms with Gasteiger partial charge in [-0.1, -0.05) is 23.2 Å². The lowest BCUT2D eigenvalue weighted by atomic mass is 10.1. The zero-order valence-electron chi connectivity index (χ0n) is 18.6. The Morgan fingerprint density at radius 3 is 2.05 bits per heavy atom. The van der Waals surface area contributed by atoms with Crippen molar-refractivity contribution in [3.05, 3.63) is 52.6 Å². The molecule has 2 heterocycles. The van der Waals surface area contributed by atoms with E-state index in [2.05, 4.69) is 14.4 Å². The molecule has 0 atom stereocenters. The van der Waals surface area contributed by atoms with Crippen molar-refractivity contribution in [2.75, 3.05) is 17.8 Å². The van der Waals surface area contributed by atoms with Crippen LogP contribution in [0.5, 0.6) is 0 Å². The van der Waals surface area contributed by atoms with Crippen LogP contribution in [0.3, 0.4) is 0 Å². The predicted octanol–water partition coefficient (Wildman–Crippen LogP) is 4.11. The van der Waals surface area contributed by atoms with Gasteiger partial charge >= 0.3 is 12.1 Å². The maximum atomic E-state index is 12.9. The maximum absolute atomic E-state index is 12.9. The Morgan fingerprint density at radius 1 is 0.919 bits per heavy atom. The fourth-order valence-corrected chi connectivity index (χ4v) is 6.86. The molecule has 200 valence electrons. The highest BCUT2D eigenvalue weighted by Crippen LogP contribution is 2.35. The second kappa shape index (κ2) is 9.98. The Morgan fingerprint density at radius 2 is 1.49 bits per heavy atom. The van der Waals surface area contributed by atoms with Crippen LogP contribution in [0.1, 0.15) is 12.8 Å². The number of hydrogen-bond donors (Lipinski definition) is 3. The Kier molecular flexibility index (Phi) is 7.42. The van der Waals surface area contributed by atoms with E-state index in [4.69, 9.17) is 23.2 Å². The monoisotopic (exact) mass is 598 g/mol. The van der Waals surface area contributed by atoms with Gasteiger partial charge in [0, 0.05) is 30.7 Å². The molecule has 0 saturated carbocycles. The standard InChI is InChI=1S/C21H19Cl2F3N4O5S2/c22-15-5-6-17(19-18(15)16(23)11-27-19)29-37(34,35)14-3-1-13(2-4-14)36(32,33)28-12-7-9-30(10-8-12)20(31)21(24,25)26/h1-6,11-12,27-29H,7-10H2. The number of carbonyl (C=O) groups is 1. The zero-order chi connectivity index (χ0) is 27.2. The van der Waals surface area contributed by atoms with Crippen LogP contribution >= 0.6 is 23.2 Å². The third kappa shape index (κ3) is 5.82. The van der Waals surface area contributed by atoms with E-state index in [0.717, 1.165) is 24.3 Å². The first-order valence-electron chi connectivity index (χ1n) is 10.7. The lowest BCUT2D eigenvalue weighted by Gasteiger charge is -2.32. The summed E-state index contributed by atoms with van der Waals surface area (Å²) < 4.78 is 93.9. The van der Waals surface area contributed by atoms with Gasteiger partial charge in [0.05, 0.1) is 31.0 Å². The highest BCUT2D eigenvalue weighted by molar-refractivity contribution is 7.92. The normalized spacial score (nSPS) is 15.8. The molecule has 16 heteroatoms. The Labute approximate surface area is 220 Å². The first kappa shape index (κ1) is 27.5. The molecule has 0 radical (unpaired) electrons. The molecule has 1 aliphatic heterocycles. The lowest BCUT2D eigenvalue weighted by Crippen LogP contribution is -2.49. The summed E-state index contributed by atoms with van der Waals surface area (Å²) in [6.07, 6.45) is -3.54. The molecule has 37 heavy (non-hydrogen) atoms. The van der Waals surface area contributed by atoms with E-state index < -0.39 is 38.2 Å². The minimum atomic E-state index is -4.99. The van der Waals surface area contributed by atoms with E-state index in [1.54, 1.807) is 0 Å². The van der Waals surface area contributed by atoms with Crippen LogP contribution in [0.2, 0.25) is 10.0 Å². The average Bonchev–Trinajstić information content (AvgIpc) is 3.23. The number of nitrogens with zero attached hydrogens (tertiary/aromatic N) is 1. The Hall–Kier alpha value is -2.52. The van der Waals surface area contributed by atoms with Gasteiger partial charge in [-0.15, -0.1) is 0 Å². The van der Waals surface area contributed by atoms with Crippen molar-refractivity contribution in [3.63, 3.8) is 0 Å². The molecule has 2 aromatic carbocycles. The molecule has 3 N–H and O–H groups in total. The quantitative estimate of drug-likeness (QED) is 0.393. The van der Waals surface area contributed by atoms with Crippen LogP contribution in [-0.2, 0) is 24.8 Å². The van der Waals surface area contributed by atoms with E-state index in [-0.39, 0.29) is 41.4 Å². The number of aromatic nitrogens is 1. The number of piperidine rings is 1. The van der Waals surface area contributed by atoms with Crippen molar-refractivity contribution in [3.8, 4) is 0 Å². The second-order valence-electron chi connectivity index (χ2n) is 8.24. The summed E-state index contributed by atoms with van der Waals surface area (Å²) in [6, 6.07) is 6.65. The van der Waals surface area contributed by atoms with Crippen LogP contribution < -0.4 is 9.44 Å². The van der Waals surface area contributed by atoms with Gasteiger partial charge in [0.1, 0.15) is 0 Å². The van der Waals surface area contributed by atoms with Gasteiger partial charge in [-0.2, -0.15) is 13.2 Å². The number of anilines is 1. The van der Waals surface area contributed by atoms with Crippen LogP contribution in [0.25, 0.3) is 10.9 Å². The number of halogens is 5. The maximum Gasteiger partial charge on any atom is 0.471 e. The smallest absolute Gasteiger partial charge is 0.358 e. The van der Waals surface area contributed by atoms with Gasteiger partial charge in [0.25, 0.3) is 10.0 Å². The molecule has 4 rings (SSSR count). The van der Waals surface area contributed by atoms with Crippen molar-refractivity contribution in [1.29, 1.82) is 0 Å². The molecule has 3 aromatic rings. The molecule has 0 aliphatic carbocycles. The molecule has 1 fully saturated rings. The van der Waals surface area contributed by atoms with Crippen molar-refractivity contribution in [2.45, 2.75) is 34.9 Å². The van der Waals surface area contributed by atoms with Gasteiger partial charge < -0.3 is 9.88 Å². The molecule has 0 bridgehead atoms. The number of H-pyrrole nitrogens is 1. The number of hydrogen-bond acceptors (Lipinski definition) is 5. The molecule has 1 amide bonds. The molecule has 0 unspecified atom stereocenters. The molecule has 0 spiro atoms. The van der Waals surface area contributed by atoms with Gasteiger partial charge in [-0.25, -0.2) is 21.6 Å². The van der Waals surface area contributed by atoms with Crippen LogP contribution in [0.4, 0.5) is 18.9 Å². The fourth-order valence-electron chi connectivity index (χ4n) is 3.92. The van der Waals surface area contributed by atoms with E-state index in [1.165, 1.54) is 18.3 Å². The summed E-state index contributed by atoms with van der Waals surface area (Å²) in [5.74, 6) is -1.96. The fraction of sp³-hybridized carbons (Fsp3) is 0.286. The second-order valence-corrected chi connectivity index (χ2v) is 12.5. The highest BCUT2D eigenvalue weighted by Gasteiger charge is 2.43. The summed E-state index contributed by atoms with van der Waals surface area (Å²) >= 11 is 12.2. The minimum Gasteiger partial charge on any atom is -0.358 e. The van der Waals surface area contributed by atoms with Crippen LogP contribution in [-0.4, -0.2) is 57.9 Å². The van der Waals surface area contributed by atoms with Gasteiger partial charge in [0.15, 0.2) is 0 Å². The number of likely N-dealkylation sites (tertiary alicyclic amines) is 1. The average molecular weight is 599 g/mol. The number of nitrogens with one attached hydrogen (secondary N) is 3. The molecular weight excluding hydrogens is 580 g/mol. The van der Waals surface area contributed by atoms with E-state index >= 15 is 0 Å². The minimum absolute atomic E-state index is 0.00421. The van der Waals surface area contributed by atoms with Crippen molar-refractivity contribution >= 4 is 65.7 Å². The summed E-state index contributed by atoms with van der Waals surface area (Å²) in [5, 5.41) is 1.06. The SMILES string of the molecule is O=C(N1CCC(NS(=O)(=O)c2ccc(S(=O)(=O)Nc3ccc(Cl)c4c(Cl)c[nH]c34)cc2)CC1)C(F)(F)F. The first-order chi connectivity index (χ1) is 17.2. The van der Waals surface area contributed by atoms with Crippen molar-refractivity contribution < 1.29 is 34.8 Å². The van der Waals surface area contributed by atoms with Gasteiger partial charge in [0.2, 0.25) is 10.0 Å². The molecular formula is C21H19Cl2F3N4O5S2. The van der Waals surface area contributed by atoms with Crippen molar-refractivity contribution in [1.82, 2.24) is 14.6 Å². The Bertz CT molecular complexity index is 1550. The van der Waals surface area contributed by atoms with Crippen molar-refractivity contribution in [2.24, 2.45) is 0 Å². The number of aromatic amines is 1. The number of carbonyl (C=O) groups excluding carboxylic acids is 1. The summed E-state index contributed by atoms with van der Waals surface area (Å²) in [6.45, 7) is -0.503. The lowest BCUT2D eigenvalue weighted by molar-refractivity contribution is -0.186. The largest absolute Gasteiger partial charge is 0.471 e. The van der Waals surface area contributed by atoms with Crippen LogP contribution in [0.15, 0.2) is 52.4 Å². The first-order valence-corrected chi connectivity index (χ1v) is 14.4. The molecule has 1 aromatic heterocycles. The topological polar surface area (TPSA) is 128 Å². The third-order valence-electron chi connectivity index (χ3n) is 5.77. The number of fused-ring (bicyclic) bond motifs is 1. The summed E-state index contributed by atoms with van der Waals surface area (Å²) in [4.78, 5) is 14.4. The number of rotatable bonds is 6. The molecule has 9 nitrogen and oxygen atoms in total. The van der Waals surface area contributed by atoms with Gasteiger partial charge in [-0.3, -0.25) is 9.52 Å². The number of benzene rings is 2. The van der Waals surface area contributed by atoms with Gasteiger partial charge in [-0.05, 0) is 49.2 Å². The van der Waals surface area contributed by atoms with E-state index in [1.807, 2.05) is 0 Å². The summed E-state index contributed by atoms with van der Waals surface area (Å²) in [7, 11) is -8.23.